The quantitative estimate of drug-likeness (QED) is 0.351. The van der Waals surface area contributed by atoms with Crippen LogP contribution in [0.3, 0.4) is 0 Å². The number of carbonyl (C=O) groups excluding carboxylic acids is 1. The molecule has 0 aliphatic heterocycles. The second-order valence-corrected chi connectivity index (χ2v) is 2.62. The van der Waals surface area contributed by atoms with Crippen LogP contribution >= 0.6 is 0 Å². The highest BCUT2D eigenvalue weighted by Gasteiger charge is 2.05. The second-order valence-electron chi connectivity index (χ2n) is 2.62. The highest BCUT2D eigenvalue weighted by atomic mass is 16.5. The molecule has 0 N–H and O–H groups in total. The van der Waals surface area contributed by atoms with Crippen LogP contribution in [0.1, 0.15) is 20.3 Å². The van der Waals surface area contributed by atoms with E-state index in [9.17, 15) is 4.79 Å². The van der Waals surface area contributed by atoms with Gasteiger partial charge in [-0.05, 0) is 19.9 Å². The first-order chi connectivity index (χ1) is 7.29. The van der Waals surface area contributed by atoms with Gasteiger partial charge in [-0.15, -0.1) is 0 Å². The molecule has 0 spiro atoms. The van der Waals surface area contributed by atoms with Crippen LogP contribution < -0.4 is 0 Å². The van der Waals surface area contributed by atoms with Crippen molar-refractivity contribution in [2.75, 3.05) is 13.2 Å². The van der Waals surface area contributed by atoms with Gasteiger partial charge in [0.25, 0.3) is 0 Å². The van der Waals surface area contributed by atoms with E-state index in [0.29, 0.717) is 24.7 Å². The Kier molecular flexibility index (Phi) is 8.15. The van der Waals surface area contributed by atoms with Crippen LogP contribution in [-0.2, 0) is 14.3 Å². The third-order valence-electron chi connectivity index (χ3n) is 1.55. The molecule has 0 aromatic carbocycles. The van der Waals surface area contributed by atoms with Gasteiger partial charge in [-0.3, -0.25) is 0 Å². The second kappa shape index (κ2) is 9.06. The molecule has 0 radical (unpaired) electrons. The molecule has 0 heterocycles. The summed E-state index contributed by atoms with van der Waals surface area (Å²) in [6.45, 7) is 8.37. The molecule has 0 rings (SSSR count). The summed E-state index contributed by atoms with van der Waals surface area (Å²) in [5.74, 6) is 1.15. The van der Waals surface area contributed by atoms with Crippen LogP contribution in [0, 0.1) is 0 Å². The molecule has 0 aromatic rings. The molecule has 0 aliphatic carbocycles. The van der Waals surface area contributed by atoms with Gasteiger partial charge in [0, 0.05) is 0 Å². The van der Waals surface area contributed by atoms with Gasteiger partial charge in [0.05, 0.1) is 19.6 Å². The van der Waals surface area contributed by atoms with Gasteiger partial charge in [-0.25, -0.2) is 0 Å². The molecular weight excluding hydrogens is 192 g/mol. The molecular formula is C12H18O3. The summed E-state index contributed by atoms with van der Waals surface area (Å²) in [5.41, 5.74) is 0. The first-order valence-electron chi connectivity index (χ1n) is 5.01. The molecule has 0 bridgehead atoms. The van der Waals surface area contributed by atoms with Crippen LogP contribution in [0.15, 0.2) is 36.3 Å². The predicted molar refractivity (Wildman–Crippen MR) is 60.3 cm³/mol. The number of carbonyl (C=O) groups is 1. The van der Waals surface area contributed by atoms with E-state index in [1.807, 2.05) is 13.8 Å². The topological polar surface area (TPSA) is 35.5 Å². The first-order valence-corrected chi connectivity index (χ1v) is 5.01. The van der Waals surface area contributed by atoms with Crippen molar-refractivity contribution in [3.8, 4) is 0 Å². The summed E-state index contributed by atoms with van der Waals surface area (Å²) in [5, 5.41) is 0. The SMILES string of the molecule is C=C/C=C\C(OCC)=C(/CC=O)OCC. The Bertz CT molecular complexity index is 252. The molecule has 0 saturated carbocycles. The van der Waals surface area contributed by atoms with E-state index in [1.165, 1.54) is 0 Å². The van der Waals surface area contributed by atoms with Crippen LogP contribution in [0.5, 0.6) is 0 Å². The highest BCUT2D eigenvalue weighted by Crippen LogP contribution is 2.12. The Labute approximate surface area is 91.1 Å². The zero-order chi connectivity index (χ0) is 11.5. The van der Waals surface area contributed by atoms with Gasteiger partial charge < -0.3 is 14.3 Å². The number of hydrogen-bond acceptors (Lipinski definition) is 3. The fourth-order valence-electron chi connectivity index (χ4n) is 1.01. The van der Waals surface area contributed by atoms with Crippen LogP contribution in [-0.4, -0.2) is 19.5 Å². The van der Waals surface area contributed by atoms with Crippen LogP contribution in [0.4, 0.5) is 0 Å². The molecule has 0 atom stereocenters. The Morgan fingerprint density at radius 2 is 1.93 bits per heavy atom. The Morgan fingerprint density at radius 1 is 1.27 bits per heavy atom. The molecule has 0 aliphatic rings. The summed E-state index contributed by atoms with van der Waals surface area (Å²) in [7, 11) is 0. The number of ether oxygens (including phenoxy) is 2. The molecule has 0 amide bonds. The summed E-state index contributed by atoms with van der Waals surface area (Å²) < 4.78 is 10.7. The minimum Gasteiger partial charge on any atom is -0.494 e. The number of rotatable bonds is 8. The average molecular weight is 210 g/mol. The largest absolute Gasteiger partial charge is 0.494 e. The molecule has 3 nitrogen and oxygen atoms in total. The predicted octanol–water partition coefficient (Wildman–Crippen LogP) is 2.60. The lowest BCUT2D eigenvalue weighted by molar-refractivity contribution is -0.107. The van der Waals surface area contributed by atoms with Crippen LogP contribution in [0.25, 0.3) is 0 Å². The summed E-state index contributed by atoms with van der Waals surface area (Å²) in [4.78, 5) is 10.5. The van der Waals surface area contributed by atoms with Gasteiger partial charge >= 0.3 is 0 Å². The smallest absolute Gasteiger partial charge is 0.157 e. The molecule has 84 valence electrons. The minimum absolute atomic E-state index is 0.227. The lowest BCUT2D eigenvalue weighted by atomic mass is 10.3. The zero-order valence-corrected chi connectivity index (χ0v) is 9.36. The third kappa shape index (κ3) is 5.73. The molecule has 3 heteroatoms. The van der Waals surface area contributed by atoms with Crippen molar-refractivity contribution in [3.63, 3.8) is 0 Å². The van der Waals surface area contributed by atoms with Crippen molar-refractivity contribution in [1.29, 1.82) is 0 Å². The third-order valence-corrected chi connectivity index (χ3v) is 1.55. The Hall–Kier alpha value is -1.51. The maximum absolute atomic E-state index is 10.5. The van der Waals surface area contributed by atoms with E-state index < -0.39 is 0 Å². The normalized spacial score (nSPS) is 12.1. The lowest BCUT2D eigenvalue weighted by Crippen LogP contribution is -2.01. The minimum atomic E-state index is 0.227. The van der Waals surface area contributed by atoms with Crippen molar-refractivity contribution >= 4 is 6.29 Å². The van der Waals surface area contributed by atoms with Crippen molar-refractivity contribution < 1.29 is 14.3 Å². The molecule has 15 heavy (non-hydrogen) atoms. The van der Waals surface area contributed by atoms with E-state index >= 15 is 0 Å². The van der Waals surface area contributed by atoms with Gasteiger partial charge in [0.2, 0.25) is 0 Å². The highest BCUT2D eigenvalue weighted by molar-refractivity contribution is 5.54. The van der Waals surface area contributed by atoms with Crippen molar-refractivity contribution in [2.45, 2.75) is 20.3 Å². The van der Waals surface area contributed by atoms with E-state index in [-0.39, 0.29) is 6.42 Å². The molecule has 0 fully saturated rings. The lowest BCUT2D eigenvalue weighted by Gasteiger charge is -2.11. The van der Waals surface area contributed by atoms with Crippen molar-refractivity contribution in [3.05, 3.63) is 36.3 Å². The number of hydrogen-bond donors (Lipinski definition) is 0. The molecule has 0 saturated heterocycles. The van der Waals surface area contributed by atoms with Gasteiger partial charge in [0.15, 0.2) is 5.76 Å². The van der Waals surface area contributed by atoms with E-state index in [2.05, 4.69) is 6.58 Å². The molecule has 0 unspecified atom stereocenters. The van der Waals surface area contributed by atoms with Gasteiger partial charge in [-0.2, -0.15) is 0 Å². The maximum Gasteiger partial charge on any atom is 0.157 e. The standard InChI is InChI=1S/C12H18O3/c1-4-7-8-11(14-5-2)12(9-10-13)15-6-3/h4,7-8,10H,1,5-6,9H2,2-3H3/b8-7-,12-11-. The van der Waals surface area contributed by atoms with Crippen molar-refractivity contribution in [1.82, 2.24) is 0 Å². The monoisotopic (exact) mass is 210 g/mol. The Morgan fingerprint density at radius 3 is 2.40 bits per heavy atom. The van der Waals surface area contributed by atoms with Gasteiger partial charge in [0.1, 0.15) is 12.0 Å². The molecule has 0 aromatic heterocycles. The summed E-state index contributed by atoms with van der Waals surface area (Å²) in [6.07, 6.45) is 6.15. The zero-order valence-electron chi connectivity index (χ0n) is 9.36. The van der Waals surface area contributed by atoms with E-state index in [1.54, 1.807) is 18.2 Å². The fraction of sp³-hybridized carbons (Fsp3) is 0.417. The summed E-state index contributed by atoms with van der Waals surface area (Å²) in [6, 6.07) is 0. The first kappa shape index (κ1) is 13.5. The Balaban J connectivity index is 4.83. The van der Waals surface area contributed by atoms with Crippen LogP contribution in [0.2, 0.25) is 0 Å². The van der Waals surface area contributed by atoms with E-state index in [4.69, 9.17) is 9.47 Å². The van der Waals surface area contributed by atoms with E-state index in [0.717, 1.165) is 6.29 Å². The fourth-order valence-corrected chi connectivity index (χ4v) is 1.01. The van der Waals surface area contributed by atoms with Gasteiger partial charge in [-0.1, -0.05) is 18.7 Å². The maximum atomic E-state index is 10.5. The number of aldehydes is 1. The summed E-state index contributed by atoms with van der Waals surface area (Å²) >= 11 is 0. The van der Waals surface area contributed by atoms with Crippen molar-refractivity contribution in [2.24, 2.45) is 0 Å². The average Bonchev–Trinajstić information content (AvgIpc) is 2.24. The number of allylic oxidation sites excluding steroid dienone is 4.